The van der Waals surface area contributed by atoms with Gasteiger partial charge in [-0.2, -0.15) is 0 Å². The summed E-state index contributed by atoms with van der Waals surface area (Å²) in [5.41, 5.74) is 4.82. The molecule has 2 aromatic carbocycles. The van der Waals surface area contributed by atoms with E-state index in [0.717, 1.165) is 81.8 Å². The predicted molar refractivity (Wildman–Crippen MR) is 191 cm³/mol. The molecule has 254 valence electrons. The summed E-state index contributed by atoms with van der Waals surface area (Å²) in [5.74, 6) is 3.40. The number of aliphatic imine (C=N–C) groups is 1. The van der Waals surface area contributed by atoms with Crippen LogP contribution in [0.2, 0.25) is 5.02 Å². The highest BCUT2D eigenvalue weighted by atomic mass is 35.5. The number of carbonyl (C=O) groups excluding carboxylic acids is 2. The fourth-order valence-corrected chi connectivity index (χ4v) is 11.2. The highest BCUT2D eigenvalue weighted by Gasteiger charge is 2.59. The molecular weight excluding hydrogens is 620 g/mol. The van der Waals surface area contributed by atoms with Crippen LogP contribution in [-0.2, 0) is 9.53 Å². The fourth-order valence-electron chi connectivity index (χ4n) is 11.0. The molecule has 2 aliphatic heterocycles. The molecule has 2 aromatic rings. The van der Waals surface area contributed by atoms with Crippen LogP contribution in [0.15, 0.2) is 59.1 Å². The lowest BCUT2D eigenvalue weighted by atomic mass is 9.47. The lowest BCUT2D eigenvalue weighted by Gasteiger charge is -2.58. The summed E-state index contributed by atoms with van der Waals surface area (Å²) >= 11 is 6.52. The van der Waals surface area contributed by atoms with Gasteiger partial charge in [0.15, 0.2) is 0 Å². The number of hydrogen-bond donors (Lipinski definition) is 0. The minimum atomic E-state index is -0.363. The number of likely N-dealkylation sites (N-methyl/N-ethyl adjacent to an activating group) is 1. The number of rotatable bonds is 2. The van der Waals surface area contributed by atoms with Gasteiger partial charge in [-0.05, 0) is 118 Å². The molecule has 8 rings (SSSR count). The van der Waals surface area contributed by atoms with Crippen molar-refractivity contribution in [3.8, 4) is 0 Å². The molecule has 0 spiro atoms. The molecule has 7 nitrogen and oxygen atoms in total. The minimum Gasteiger partial charge on any atom is -0.445 e. The van der Waals surface area contributed by atoms with Crippen molar-refractivity contribution in [3.63, 3.8) is 0 Å². The molecule has 3 saturated carbocycles. The Balaban J connectivity index is 1.05. The van der Waals surface area contributed by atoms with Crippen molar-refractivity contribution in [3.05, 3.63) is 64.7 Å². The summed E-state index contributed by atoms with van der Waals surface area (Å²) in [4.78, 5) is 38.6. The summed E-state index contributed by atoms with van der Waals surface area (Å²) in [6.45, 7) is 10.3. The van der Waals surface area contributed by atoms with E-state index in [2.05, 4.69) is 42.8 Å². The summed E-state index contributed by atoms with van der Waals surface area (Å²) in [6, 6.07) is 13.6. The van der Waals surface area contributed by atoms with Crippen LogP contribution in [0.4, 0.5) is 21.9 Å². The SMILES string of the molecule is CC(=O)C1CCC2C3CC=C4CC(OC(=O)N5c6ccc(Cl)cc6N=C(N6CCN(C)CC6)c6ccccc65)CCC4(C)C3CCC12C. The number of ether oxygens (including phenoxy) is 1. The molecule has 7 unspecified atom stereocenters. The van der Waals surface area contributed by atoms with Gasteiger partial charge in [0.2, 0.25) is 0 Å². The molecule has 2 heterocycles. The number of Topliss-reactive ketones (excluding diaryl/α,β-unsaturated/α-hetero) is 1. The first kappa shape index (κ1) is 32.1. The Kier molecular flexibility index (Phi) is 8.03. The van der Waals surface area contributed by atoms with Crippen LogP contribution >= 0.6 is 11.6 Å². The zero-order valence-corrected chi connectivity index (χ0v) is 29.6. The average molecular weight is 669 g/mol. The minimum absolute atomic E-state index is 0.130. The quantitative estimate of drug-likeness (QED) is 0.299. The number of anilines is 2. The van der Waals surface area contributed by atoms with E-state index < -0.39 is 0 Å². The number of halogens is 1. The Labute approximate surface area is 290 Å². The van der Waals surface area contributed by atoms with Crippen LogP contribution in [0.3, 0.4) is 0 Å². The highest BCUT2D eigenvalue weighted by Crippen LogP contribution is 2.66. The van der Waals surface area contributed by atoms with Crippen LogP contribution in [0.5, 0.6) is 0 Å². The van der Waals surface area contributed by atoms with Crippen LogP contribution in [0.25, 0.3) is 0 Å². The number of nitrogens with zero attached hydrogens (tertiary/aromatic N) is 4. The molecule has 0 radical (unpaired) electrons. The number of benzene rings is 2. The van der Waals surface area contributed by atoms with Crippen molar-refractivity contribution < 1.29 is 14.3 Å². The maximum absolute atomic E-state index is 14.4. The van der Waals surface area contributed by atoms with Gasteiger partial charge in [-0.1, -0.05) is 49.2 Å². The first-order chi connectivity index (χ1) is 23.1. The predicted octanol–water partition coefficient (Wildman–Crippen LogP) is 8.79. The number of amides is 1. The number of carbonyl (C=O) groups is 2. The molecule has 8 heteroatoms. The van der Waals surface area contributed by atoms with E-state index in [1.165, 1.54) is 18.4 Å². The van der Waals surface area contributed by atoms with Crippen molar-refractivity contribution in [2.24, 2.45) is 39.5 Å². The zero-order chi connectivity index (χ0) is 33.4. The van der Waals surface area contributed by atoms with Gasteiger partial charge < -0.3 is 14.5 Å². The second kappa shape index (κ2) is 12.0. The maximum atomic E-state index is 14.4. The Morgan fingerprint density at radius 3 is 2.52 bits per heavy atom. The van der Waals surface area contributed by atoms with Crippen molar-refractivity contribution in [1.82, 2.24) is 9.80 Å². The van der Waals surface area contributed by atoms with Gasteiger partial charge in [0.25, 0.3) is 0 Å². The van der Waals surface area contributed by atoms with E-state index in [-0.39, 0.29) is 28.9 Å². The number of hydrogen-bond acceptors (Lipinski definition) is 6. The molecule has 0 aromatic heterocycles. The molecule has 4 aliphatic carbocycles. The van der Waals surface area contributed by atoms with Crippen LogP contribution in [-0.4, -0.2) is 66.8 Å². The number of ketones is 1. The Morgan fingerprint density at radius 2 is 1.73 bits per heavy atom. The molecular formula is C40H49ClN4O3. The van der Waals surface area contributed by atoms with Crippen molar-refractivity contribution in [2.75, 3.05) is 38.1 Å². The van der Waals surface area contributed by atoms with Gasteiger partial charge in [-0.25, -0.2) is 14.7 Å². The Bertz CT molecular complexity index is 1700. The third-order valence-corrected chi connectivity index (χ3v) is 13.8. The van der Waals surface area contributed by atoms with Crippen LogP contribution < -0.4 is 4.90 Å². The smallest absolute Gasteiger partial charge is 0.419 e. The molecule has 7 atom stereocenters. The van der Waals surface area contributed by atoms with E-state index in [1.54, 1.807) is 4.90 Å². The molecule has 1 amide bonds. The number of fused-ring (bicyclic) bond motifs is 7. The second-order valence-electron chi connectivity index (χ2n) is 16.0. The molecule has 4 fully saturated rings. The third-order valence-electron chi connectivity index (χ3n) is 13.6. The fraction of sp³-hybridized carbons (Fsp3) is 0.575. The third kappa shape index (κ3) is 5.14. The molecule has 48 heavy (non-hydrogen) atoms. The van der Waals surface area contributed by atoms with Crippen LogP contribution in [0, 0.1) is 34.5 Å². The number of allylic oxidation sites excluding steroid dienone is 1. The number of para-hydroxylation sites is 1. The van der Waals surface area contributed by atoms with E-state index in [4.69, 9.17) is 21.3 Å². The molecule has 1 saturated heterocycles. The lowest BCUT2D eigenvalue weighted by molar-refractivity contribution is -0.127. The number of piperazine rings is 1. The second-order valence-corrected chi connectivity index (χ2v) is 16.4. The van der Waals surface area contributed by atoms with Crippen molar-refractivity contribution in [2.45, 2.75) is 78.2 Å². The monoisotopic (exact) mass is 668 g/mol. The summed E-state index contributed by atoms with van der Waals surface area (Å²) in [5, 5.41) is 0.584. The molecule has 6 aliphatic rings. The van der Waals surface area contributed by atoms with Gasteiger partial charge in [0.05, 0.1) is 17.1 Å². The molecule has 0 N–H and O–H groups in total. The lowest BCUT2D eigenvalue weighted by Crippen LogP contribution is -2.51. The van der Waals surface area contributed by atoms with Gasteiger partial charge in [-0.15, -0.1) is 0 Å². The van der Waals surface area contributed by atoms with Gasteiger partial charge in [0, 0.05) is 49.1 Å². The van der Waals surface area contributed by atoms with Gasteiger partial charge in [-0.3, -0.25) is 4.79 Å². The maximum Gasteiger partial charge on any atom is 0.419 e. The Morgan fingerprint density at radius 1 is 0.938 bits per heavy atom. The van der Waals surface area contributed by atoms with E-state index in [9.17, 15) is 9.59 Å². The first-order valence-corrected chi connectivity index (χ1v) is 18.6. The van der Waals surface area contributed by atoms with Crippen molar-refractivity contribution in [1.29, 1.82) is 0 Å². The summed E-state index contributed by atoms with van der Waals surface area (Å²) in [6.07, 6.45) is 10.3. The largest absolute Gasteiger partial charge is 0.445 e. The average Bonchev–Trinajstić information content (AvgIpc) is 3.36. The van der Waals surface area contributed by atoms with E-state index >= 15 is 0 Å². The van der Waals surface area contributed by atoms with Crippen molar-refractivity contribution >= 4 is 46.4 Å². The Hall–Kier alpha value is -3.16. The topological polar surface area (TPSA) is 65.5 Å². The van der Waals surface area contributed by atoms with Crippen LogP contribution in [0.1, 0.15) is 77.7 Å². The molecule has 0 bridgehead atoms. The first-order valence-electron chi connectivity index (χ1n) is 18.2. The zero-order valence-electron chi connectivity index (χ0n) is 28.9. The summed E-state index contributed by atoms with van der Waals surface area (Å²) in [7, 11) is 2.15. The normalized spacial score (nSPS) is 34.4. The highest BCUT2D eigenvalue weighted by molar-refractivity contribution is 6.31. The number of amidine groups is 1. The van der Waals surface area contributed by atoms with Gasteiger partial charge >= 0.3 is 6.09 Å². The standard InChI is InChI=1S/C40H49ClN4O3/c1-25(46)31-12-13-32-29-11-9-26-23-28(15-17-39(26,2)33(29)16-18-40(31,32)3)48-38(47)45-35-8-6-5-7-30(35)37(44-21-19-43(4)20-22-44)42-34-24-27(41)10-14-36(34)45/h5-10,14,24,28-29,31-33H,11-13,15-23H2,1-4H3. The summed E-state index contributed by atoms with van der Waals surface area (Å²) < 4.78 is 6.49. The van der Waals surface area contributed by atoms with E-state index in [0.29, 0.717) is 39.9 Å². The van der Waals surface area contributed by atoms with Gasteiger partial charge in [0.1, 0.15) is 17.7 Å². The van der Waals surface area contributed by atoms with E-state index in [1.807, 2.05) is 43.3 Å².